The SMILES string of the molecule is O=C(c1ccncc1)c1cc(Cl)cc2c1OCCCC2. The van der Waals surface area contributed by atoms with Crippen molar-refractivity contribution in [2.45, 2.75) is 19.3 Å². The quantitative estimate of drug-likeness (QED) is 0.791. The highest BCUT2D eigenvalue weighted by molar-refractivity contribution is 6.31. The monoisotopic (exact) mass is 287 g/mol. The van der Waals surface area contributed by atoms with E-state index < -0.39 is 0 Å². The van der Waals surface area contributed by atoms with Crippen molar-refractivity contribution in [3.8, 4) is 5.75 Å². The van der Waals surface area contributed by atoms with Crippen molar-refractivity contribution in [1.82, 2.24) is 4.98 Å². The second-order valence-corrected chi connectivity index (χ2v) is 5.25. The van der Waals surface area contributed by atoms with E-state index in [1.54, 1.807) is 30.6 Å². The number of carbonyl (C=O) groups excluding carboxylic acids is 1. The number of halogens is 1. The van der Waals surface area contributed by atoms with Crippen molar-refractivity contribution >= 4 is 17.4 Å². The molecule has 0 spiro atoms. The molecule has 2 aromatic rings. The fourth-order valence-electron chi connectivity index (χ4n) is 2.43. The number of hydrogen-bond acceptors (Lipinski definition) is 3. The first-order valence-corrected chi connectivity index (χ1v) is 7.03. The Balaban J connectivity index is 2.09. The van der Waals surface area contributed by atoms with E-state index in [1.165, 1.54) is 0 Å². The van der Waals surface area contributed by atoms with Crippen LogP contribution in [0.3, 0.4) is 0 Å². The Morgan fingerprint density at radius 3 is 2.80 bits per heavy atom. The van der Waals surface area contributed by atoms with Gasteiger partial charge in [-0.05, 0) is 49.1 Å². The second-order valence-electron chi connectivity index (χ2n) is 4.81. The lowest BCUT2D eigenvalue weighted by molar-refractivity contribution is 0.103. The third kappa shape index (κ3) is 2.54. The molecule has 0 fully saturated rings. The molecule has 0 saturated carbocycles. The molecule has 2 heterocycles. The number of carbonyl (C=O) groups is 1. The van der Waals surface area contributed by atoms with Crippen LogP contribution in [0, 0.1) is 0 Å². The maximum atomic E-state index is 12.6. The summed E-state index contributed by atoms with van der Waals surface area (Å²) in [7, 11) is 0. The van der Waals surface area contributed by atoms with Crippen LogP contribution in [0.1, 0.15) is 34.3 Å². The van der Waals surface area contributed by atoms with E-state index in [1.807, 2.05) is 6.07 Å². The van der Waals surface area contributed by atoms with Gasteiger partial charge in [0, 0.05) is 23.0 Å². The van der Waals surface area contributed by atoms with Crippen molar-refractivity contribution in [3.63, 3.8) is 0 Å². The van der Waals surface area contributed by atoms with Crippen LogP contribution in [-0.4, -0.2) is 17.4 Å². The van der Waals surface area contributed by atoms with Crippen LogP contribution in [-0.2, 0) is 6.42 Å². The molecule has 0 aliphatic carbocycles. The molecular weight excluding hydrogens is 274 g/mol. The van der Waals surface area contributed by atoms with Gasteiger partial charge in [-0.3, -0.25) is 9.78 Å². The van der Waals surface area contributed by atoms with Gasteiger partial charge in [0.2, 0.25) is 0 Å². The predicted molar refractivity (Wildman–Crippen MR) is 77.6 cm³/mol. The van der Waals surface area contributed by atoms with Crippen molar-refractivity contribution in [1.29, 1.82) is 0 Å². The zero-order valence-corrected chi connectivity index (χ0v) is 11.7. The van der Waals surface area contributed by atoms with Gasteiger partial charge in [0.1, 0.15) is 5.75 Å². The summed E-state index contributed by atoms with van der Waals surface area (Å²) in [5.41, 5.74) is 2.16. The average Bonchev–Trinajstić information content (AvgIpc) is 2.71. The van der Waals surface area contributed by atoms with Gasteiger partial charge in [-0.1, -0.05) is 11.6 Å². The first-order valence-electron chi connectivity index (χ1n) is 6.65. The molecule has 0 bridgehead atoms. The van der Waals surface area contributed by atoms with Crippen LogP contribution in [0.5, 0.6) is 5.75 Å². The van der Waals surface area contributed by atoms with E-state index in [-0.39, 0.29) is 5.78 Å². The zero-order chi connectivity index (χ0) is 13.9. The molecule has 0 atom stereocenters. The van der Waals surface area contributed by atoms with E-state index in [0.717, 1.165) is 24.8 Å². The molecule has 0 radical (unpaired) electrons. The van der Waals surface area contributed by atoms with Gasteiger partial charge in [-0.15, -0.1) is 0 Å². The lowest BCUT2D eigenvalue weighted by Gasteiger charge is -2.13. The van der Waals surface area contributed by atoms with Crippen LogP contribution in [0.25, 0.3) is 0 Å². The molecule has 1 aromatic carbocycles. The van der Waals surface area contributed by atoms with Crippen molar-refractivity contribution in [2.24, 2.45) is 0 Å². The lowest BCUT2D eigenvalue weighted by Crippen LogP contribution is -2.07. The molecule has 0 amide bonds. The molecule has 20 heavy (non-hydrogen) atoms. The zero-order valence-electron chi connectivity index (χ0n) is 10.9. The van der Waals surface area contributed by atoms with Crippen LogP contribution >= 0.6 is 11.6 Å². The van der Waals surface area contributed by atoms with E-state index in [9.17, 15) is 4.79 Å². The molecule has 1 aliphatic rings. The number of nitrogens with zero attached hydrogens (tertiary/aromatic N) is 1. The lowest BCUT2D eigenvalue weighted by atomic mass is 9.98. The van der Waals surface area contributed by atoms with Crippen LogP contribution < -0.4 is 4.74 Å². The minimum absolute atomic E-state index is 0.0759. The minimum Gasteiger partial charge on any atom is -0.493 e. The minimum atomic E-state index is -0.0759. The van der Waals surface area contributed by atoms with Gasteiger partial charge in [-0.2, -0.15) is 0 Å². The summed E-state index contributed by atoms with van der Waals surface area (Å²) in [5, 5.41) is 0.576. The standard InChI is InChI=1S/C16H14ClNO2/c17-13-9-12-3-1-2-8-20-16(12)14(10-13)15(19)11-4-6-18-7-5-11/h4-7,9-10H,1-3,8H2. The highest BCUT2D eigenvalue weighted by atomic mass is 35.5. The van der Waals surface area contributed by atoms with Gasteiger partial charge < -0.3 is 4.74 Å². The van der Waals surface area contributed by atoms with E-state index in [2.05, 4.69) is 4.98 Å². The summed E-state index contributed by atoms with van der Waals surface area (Å²) in [5.74, 6) is 0.613. The molecule has 3 rings (SSSR count). The Kier molecular flexibility index (Phi) is 3.70. The normalized spacial score (nSPS) is 14.1. The largest absolute Gasteiger partial charge is 0.493 e. The maximum Gasteiger partial charge on any atom is 0.196 e. The first kappa shape index (κ1) is 13.1. The summed E-state index contributed by atoms with van der Waals surface area (Å²) in [6.07, 6.45) is 6.16. The number of hydrogen-bond donors (Lipinski definition) is 0. The highest BCUT2D eigenvalue weighted by Gasteiger charge is 2.20. The molecule has 1 aliphatic heterocycles. The topological polar surface area (TPSA) is 39.2 Å². The Morgan fingerprint density at radius 2 is 2.00 bits per heavy atom. The van der Waals surface area contributed by atoms with E-state index in [0.29, 0.717) is 28.5 Å². The fourth-order valence-corrected chi connectivity index (χ4v) is 2.67. The Bertz CT molecular complexity index is 640. The number of pyridine rings is 1. The predicted octanol–water partition coefficient (Wildman–Crippen LogP) is 3.68. The molecule has 102 valence electrons. The number of ether oxygens (including phenoxy) is 1. The van der Waals surface area contributed by atoms with Crippen molar-refractivity contribution in [2.75, 3.05) is 6.61 Å². The van der Waals surface area contributed by atoms with Gasteiger partial charge in [0.05, 0.1) is 12.2 Å². The molecule has 0 unspecified atom stereocenters. The van der Waals surface area contributed by atoms with Crippen LogP contribution in [0.4, 0.5) is 0 Å². The summed E-state index contributed by atoms with van der Waals surface area (Å²) in [6, 6.07) is 6.98. The Hall–Kier alpha value is -1.87. The Labute approximate surface area is 122 Å². The molecular formula is C16H14ClNO2. The van der Waals surface area contributed by atoms with Crippen molar-refractivity contribution < 1.29 is 9.53 Å². The third-order valence-corrected chi connectivity index (χ3v) is 3.62. The van der Waals surface area contributed by atoms with Gasteiger partial charge in [0.15, 0.2) is 5.78 Å². The van der Waals surface area contributed by atoms with Gasteiger partial charge in [-0.25, -0.2) is 0 Å². The van der Waals surface area contributed by atoms with E-state index >= 15 is 0 Å². The molecule has 1 aromatic heterocycles. The molecule has 3 nitrogen and oxygen atoms in total. The molecule has 0 N–H and O–H groups in total. The summed E-state index contributed by atoms with van der Waals surface area (Å²) in [4.78, 5) is 16.5. The summed E-state index contributed by atoms with van der Waals surface area (Å²) < 4.78 is 5.78. The van der Waals surface area contributed by atoms with E-state index in [4.69, 9.17) is 16.3 Å². The van der Waals surface area contributed by atoms with Crippen LogP contribution in [0.2, 0.25) is 5.02 Å². The summed E-state index contributed by atoms with van der Waals surface area (Å²) >= 11 is 6.15. The second kappa shape index (κ2) is 5.63. The number of rotatable bonds is 2. The van der Waals surface area contributed by atoms with Gasteiger partial charge in [0.25, 0.3) is 0 Å². The molecule has 4 heteroatoms. The smallest absolute Gasteiger partial charge is 0.196 e. The number of aromatic nitrogens is 1. The number of benzene rings is 1. The van der Waals surface area contributed by atoms with Gasteiger partial charge >= 0.3 is 0 Å². The molecule has 0 saturated heterocycles. The fraction of sp³-hybridized carbons (Fsp3) is 0.250. The van der Waals surface area contributed by atoms with Crippen LogP contribution in [0.15, 0.2) is 36.7 Å². The number of aryl methyl sites for hydroxylation is 1. The number of fused-ring (bicyclic) bond motifs is 1. The first-order chi connectivity index (χ1) is 9.75. The maximum absolute atomic E-state index is 12.6. The highest BCUT2D eigenvalue weighted by Crippen LogP contribution is 2.33. The number of ketones is 1. The third-order valence-electron chi connectivity index (χ3n) is 3.40. The van der Waals surface area contributed by atoms with Crippen molar-refractivity contribution in [3.05, 3.63) is 58.4 Å². The summed E-state index contributed by atoms with van der Waals surface area (Å²) in [6.45, 7) is 0.644. The Morgan fingerprint density at radius 1 is 1.20 bits per heavy atom. The average molecular weight is 288 g/mol.